The summed E-state index contributed by atoms with van der Waals surface area (Å²) in [6.07, 6.45) is 1.02. The Kier molecular flexibility index (Phi) is 5.24. The van der Waals surface area contributed by atoms with Gasteiger partial charge in [0.1, 0.15) is 16.4 Å². The summed E-state index contributed by atoms with van der Waals surface area (Å²) in [5.41, 5.74) is 8.61. The van der Waals surface area contributed by atoms with E-state index in [2.05, 4.69) is 31.0 Å². The number of hydrogen-bond acceptors (Lipinski definition) is 7. The molecule has 0 unspecified atom stereocenters. The predicted molar refractivity (Wildman–Crippen MR) is 116 cm³/mol. The van der Waals surface area contributed by atoms with E-state index in [1.807, 2.05) is 26.0 Å². The molecule has 0 saturated heterocycles. The molecule has 0 atom stereocenters. The highest BCUT2D eigenvalue weighted by Gasteiger charge is 2.30. The lowest BCUT2D eigenvalue weighted by Gasteiger charge is -2.30. The maximum absolute atomic E-state index is 6.33. The molecule has 4 rings (SSSR count). The van der Waals surface area contributed by atoms with E-state index in [-0.39, 0.29) is 11.7 Å². The van der Waals surface area contributed by atoms with Crippen LogP contribution in [0.2, 0.25) is 0 Å². The van der Waals surface area contributed by atoms with Crippen LogP contribution in [0.25, 0.3) is 10.2 Å². The van der Waals surface area contributed by atoms with Crippen molar-refractivity contribution in [1.29, 1.82) is 0 Å². The van der Waals surface area contributed by atoms with Gasteiger partial charge in [-0.05, 0) is 51.0 Å². The quantitative estimate of drug-likeness (QED) is 0.456. The second-order valence-corrected chi connectivity index (χ2v) is 9.93. The van der Waals surface area contributed by atoms with Crippen molar-refractivity contribution in [3.05, 3.63) is 40.3 Å². The summed E-state index contributed by atoms with van der Waals surface area (Å²) in [6, 6.07) is 8.17. The smallest absolute Gasteiger partial charge is 0.191 e. The molecule has 2 aromatic heterocycles. The topological polar surface area (TPSA) is 70.3 Å². The minimum atomic E-state index is -0.174. The molecule has 5 nitrogen and oxygen atoms in total. The van der Waals surface area contributed by atoms with Crippen LogP contribution in [0.1, 0.15) is 43.7 Å². The summed E-state index contributed by atoms with van der Waals surface area (Å²) in [7, 11) is 0. The summed E-state index contributed by atoms with van der Waals surface area (Å²) in [5, 5.41) is 1.72. The summed E-state index contributed by atoms with van der Waals surface area (Å²) >= 11 is 3.27. The molecule has 3 heterocycles. The Morgan fingerprint density at radius 3 is 2.71 bits per heavy atom. The van der Waals surface area contributed by atoms with E-state index >= 15 is 0 Å². The van der Waals surface area contributed by atoms with Crippen LogP contribution in [-0.4, -0.2) is 21.7 Å². The number of benzene rings is 1. The van der Waals surface area contributed by atoms with Crippen molar-refractivity contribution < 1.29 is 9.47 Å². The van der Waals surface area contributed by atoms with Crippen LogP contribution in [0.4, 0.5) is 5.82 Å². The van der Waals surface area contributed by atoms with Gasteiger partial charge < -0.3 is 15.2 Å². The van der Waals surface area contributed by atoms with Crippen LogP contribution in [-0.2, 0) is 23.5 Å². The van der Waals surface area contributed by atoms with Crippen molar-refractivity contribution >= 4 is 39.1 Å². The van der Waals surface area contributed by atoms with E-state index in [1.54, 1.807) is 23.1 Å². The molecule has 148 valence electrons. The molecule has 0 saturated carbocycles. The van der Waals surface area contributed by atoms with Gasteiger partial charge >= 0.3 is 0 Å². The predicted octanol–water partition coefficient (Wildman–Crippen LogP) is 5.20. The molecule has 1 aliphatic rings. The second kappa shape index (κ2) is 7.54. The largest absolute Gasteiger partial charge is 0.491 e. The highest BCUT2D eigenvalue weighted by Crippen LogP contribution is 2.40. The van der Waals surface area contributed by atoms with E-state index in [1.165, 1.54) is 16.0 Å². The highest BCUT2D eigenvalue weighted by atomic mass is 32.2. The number of hydrogen-bond donors (Lipinski definition) is 1. The van der Waals surface area contributed by atoms with Crippen molar-refractivity contribution in [2.75, 3.05) is 5.73 Å². The van der Waals surface area contributed by atoms with Crippen LogP contribution < -0.4 is 10.5 Å². The molecule has 0 spiro atoms. The first-order chi connectivity index (χ1) is 13.3. The average Bonchev–Trinajstić information content (AvgIpc) is 2.97. The first kappa shape index (κ1) is 19.5. The fraction of sp³-hybridized carbons (Fsp3) is 0.429. The number of anilines is 1. The van der Waals surface area contributed by atoms with E-state index in [0.29, 0.717) is 17.6 Å². The van der Waals surface area contributed by atoms with Crippen LogP contribution in [0, 0.1) is 0 Å². The van der Waals surface area contributed by atoms with Crippen molar-refractivity contribution in [2.24, 2.45) is 0 Å². The van der Waals surface area contributed by atoms with Gasteiger partial charge in [0.25, 0.3) is 0 Å². The first-order valence-corrected chi connectivity index (χ1v) is 11.2. The fourth-order valence-corrected chi connectivity index (χ4v) is 5.28. The van der Waals surface area contributed by atoms with Crippen LogP contribution in [0.5, 0.6) is 5.75 Å². The zero-order valence-corrected chi connectivity index (χ0v) is 18.2. The Morgan fingerprint density at radius 1 is 1.25 bits per heavy atom. The number of thioether (sulfide) groups is 1. The Morgan fingerprint density at radius 2 is 2.00 bits per heavy atom. The molecule has 28 heavy (non-hydrogen) atoms. The molecular formula is C21H25N3O2S2. The molecule has 0 radical (unpaired) electrons. The van der Waals surface area contributed by atoms with Crippen LogP contribution >= 0.6 is 23.1 Å². The monoisotopic (exact) mass is 415 g/mol. The number of rotatable bonds is 5. The summed E-state index contributed by atoms with van der Waals surface area (Å²) < 4.78 is 11.6. The van der Waals surface area contributed by atoms with E-state index in [9.17, 15) is 0 Å². The standard InChI is InChI=1S/C21H25N3O2S2/c1-12(2)26-14-7-5-13(6-8-14)11-27-20-23-18(22)17-15-9-21(3,4)25-10-16(15)28-19(17)24-20/h5-8,12H,9-11H2,1-4H3,(H2,22,23,24). The SMILES string of the molecule is CC(C)Oc1ccc(CSc2nc(N)c3c4c(sc3n2)COC(C)(C)C4)cc1. The van der Waals surface area contributed by atoms with Gasteiger partial charge in [-0.3, -0.25) is 0 Å². The Hall–Kier alpha value is -1.83. The molecule has 0 amide bonds. The Bertz CT molecular complexity index is 997. The maximum atomic E-state index is 6.33. The number of nitrogens with zero attached hydrogens (tertiary/aromatic N) is 2. The Labute approximate surface area is 173 Å². The van der Waals surface area contributed by atoms with Crippen molar-refractivity contribution in [2.45, 2.75) is 63.3 Å². The van der Waals surface area contributed by atoms with E-state index < -0.39 is 0 Å². The molecule has 0 fully saturated rings. The van der Waals surface area contributed by atoms with Crippen LogP contribution in [0.3, 0.4) is 0 Å². The van der Waals surface area contributed by atoms with Crippen molar-refractivity contribution in [3.63, 3.8) is 0 Å². The minimum Gasteiger partial charge on any atom is -0.491 e. The average molecular weight is 416 g/mol. The normalized spacial score (nSPS) is 15.8. The van der Waals surface area contributed by atoms with Gasteiger partial charge in [-0.2, -0.15) is 0 Å². The summed E-state index contributed by atoms with van der Waals surface area (Å²) in [6.45, 7) is 8.89. The van der Waals surface area contributed by atoms with Gasteiger partial charge in [-0.1, -0.05) is 23.9 Å². The summed E-state index contributed by atoms with van der Waals surface area (Å²) in [5.74, 6) is 2.25. The highest BCUT2D eigenvalue weighted by molar-refractivity contribution is 7.98. The number of aromatic nitrogens is 2. The molecule has 1 aromatic carbocycles. The molecule has 7 heteroatoms. The number of nitrogen functional groups attached to an aromatic ring is 1. The number of fused-ring (bicyclic) bond motifs is 3. The number of thiophene rings is 1. The molecule has 0 bridgehead atoms. The fourth-order valence-electron chi connectivity index (χ4n) is 3.30. The molecule has 0 aliphatic carbocycles. The van der Waals surface area contributed by atoms with Gasteiger partial charge in [-0.25, -0.2) is 9.97 Å². The van der Waals surface area contributed by atoms with Crippen molar-refractivity contribution in [1.82, 2.24) is 9.97 Å². The van der Waals surface area contributed by atoms with Gasteiger partial charge in [0.15, 0.2) is 5.16 Å². The Balaban J connectivity index is 1.52. The zero-order valence-electron chi connectivity index (χ0n) is 16.6. The molecule has 3 aromatic rings. The van der Waals surface area contributed by atoms with Gasteiger partial charge in [0.05, 0.1) is 23.7 Å². The zero-order chi connectivity index (χ0) is 19.9. The third-order valence-electron chi connectivity index (χ3n) is 4.60. The number of nitrogens with two attached hydrogens (primary N) is 1. The van der Waals surface area contributed by atoms with Gasteiger partial charge in [0, 0.05) is 17.1 Å². The molecular weight excluding hydrogens is 390 g/mol. The van der Waals surface area contributed by atoms with E-state index in [0.717, 1.165) is 28.1 Å². The third-order valence-corrected chi connectivity index (χ3v) is 6.62. The number of ether oxygens (including phenoxy) is 2. The molecule has 1 aliphatic heterocycles. The van der Waals surface area contributed by atoms with Crippen LogP contribution in [0.15, 0.2) is 29.4 Å². The summed E-state index contributed by atoms with van der Waals surface area (Å²) in [4.78, 5) is 11.5. The third kappa shape index (κ3) is 4.11. The lowest BCUT2D eigenvalue weighted by molar-refractivity contribution is -0.0379. The lowest BCUT2D eigenvalue weighted by atomic mass is 9.94. The first-order valence-electron chi connectivity index (χ1n) is 9.41. The second-order valence-electron chi connectivity index (χ2n) is 7.90. The van der Waals surface area contributed by atoms with Crippen molar-refractivity contribution in [3.8, 4) is 5.75 Å². The minimum absolute atomic E-state index is 0.174. The molecule has 2 N–H and O–H groups in total. The van der Waals surface area contributed by atoms with E-state index in [4.69, 9.17) is 20.2 Å². The lowest BCUT2D eigenvalue weighted by Crippen LogP contribution is -2.31. The van der Waals surface area contributed by atoms with Gasteiger partial charge in [0.2, 0.25) is 0 Å². The van der Waals surface area contributed by atoms with Gasteiger partial charge in [-0.15, -0.1) is 11.3 Å². The maximum Gasteiger partial charge on any atom is 0.191 e.